The molecular formula is C31H35N3O4. The molecule has 2 N–H and O–H groups in total. The van der Waals surface area contributed by atoms with Crippen LogP contribution in [0.2, 0.25) is 0 Å². The summed E-state index contributed by atoms with van der Waals surface area (Å²) in [5, 5.41) is 5.77. The van der Waals surface area contributed by atoms with Gasteiger partial charge in [-0.25, -0.2) is 4.79 Å². The van der Waals surface area contributed by atoms with Crippen molar-refractivity contribution in [3.63, 3.8) is 0 Å². The van der Waals surface area contributed by atoms with Crippen molar-refractivity contribution in [2.75, 3.05) is 22.1 Å². The number of carbonyl (C=O) groups is 3. The molecule has 7 heteroatoms. The van der Waals surface area contributed by atoms with E-state index in [1.54, 1.807) is 47.4 Å². The molecule has 0 aromatic heterocycles. The molecule has 38 heavy (non-hydrogen) atoms. The van der Waals surface area contributed by atoms with Gasteiger partial charge in [0.2, 0.25) is 0 Å². The first-order chi connectivity index (χ1) is 17.8. The fourth-order valence-corrected chi connectivity index (χ4v) is 4.27. The van der Waals surface area contributed by atoms with E-state index in [-0.39, 0.29) is 17.2 Å². The van der Waals surface area contributed by atoms with Crippen molar-refractivity contribution in [2.45, 2.75) is 59.0 Å². The second-order valence-corrected chi connectivity index (χ2v) is 11.5. The van der Waals surface area contributed by atoms with Crippen LogP contribution in [0.3, 0.4) is 0 Å². The second kappa shape index (κ2) is 10.3. The summed E-state index contributed by atoms with van der Waals surface area (Å²) in [5.74, 6) is -0.665. The Morgan fingerprint density at radius 3 is 2.16 bits per heavy atom. The third-order valence-electron chi connectivity index (χ3n) is 6.29. The van der Waals surface area contributed by atoms with Gasteiger partial charge >= 0.3 is 6.09 Å². The van der Waals surface area contributed by atoms with E-state index in [0.29, 0.717) is 35.5 Å². The zero-order valence-corrected chi connectivity index (χ0v) is 22.8. The van der Waals surface area contributed by atoms with Gasteiger partial charge in [-0.1, -0.05) is 51.1 Å². The molecule has 3 amide bonds. The number of anilines is 3. The van der Waals surface area contributed by atoms with Gasteiger partial charge in [0.25, 0.3) is 11.8 Å². The number of hydrogen-bond acceptors (Lipinski definition) is 4. The number of nitrogens with one attached hydrogen (secondary N) is 2. The van der Waals surface area contributed by atoms with Crippen LogP contribution in [0, 0.1) is 0 Å². The number of carbonyl (C=O) groups excluding carboxylic acids is 3. The average Bonchev–Trinajstić information content (AvgIpc) is 3.26. The average molecular weight is 514 g/mol. The van der Waals surface area contributed by atoms with Crippen molar-refractivity contribution in [3.05, 3.63) is 89.0 Å². The Labute approximate surface area is 224 Å². The first kappa shape index (κ1) is 26.9. The quantitative estimate of drug-likeness (QED) is 0.402. The highest BCUT2D eigenvalue weighted by Crippen LogP contribution is 2.32. The van der Waals surface area contributed by atoms with E-state index >= 15 is 0 Å². The van der Waals surface area contributed by atoms with E-state index in [9.17, 15) is 14.4 Å². The van der Waals surface area contributed by atoms with Gasteiger partial charge in [0.1, 0.15) is 5.60 Å². The normalized spacial score (nSPS) is 13.1. The van der Waals surface area contributed by atoms with E-state index in [2.05, 4.69) is 31.4 Å². The number of benzene rings is 3. The van der Waals surface area contributed by atoms with E-state index in [0.717, 1.165) is 16.8 Å². The molecule has 1 aliphatic rings. The SMILES string of the molecule is CC(C)(C)OC(=O)N1CCc2ccc(NC(=O)c3ccccc3NC(=O)c3ccc(C(C)(C)C)cc3)cc21. The Kier molecular flexibility index (Phi) is 7.31. The summed E-state index contributed by atoms with van der Waals surface area (Å²) in [4.78, 5) is 40.5. The van der Waals surface area contributed by atoms with Crippen LogP contribution in [0.5, 0.6) is 0 Å². The molecule has 0 radical (unpaired) electrons. The fraction of sp³-hybridized carbons (Fsp3) is 0.323. The number of ether oxygens (including phenoxy) is 1. The molecule has 3 aromatic rings. The lowest BCUT2D eigenvalue weighted by molar-refractivity contribution is 0.0583. The molecule has 1 heterocycles. The number of para-hydroxylation sites is 1. The molecular weight excluding hydrogens is 478 g/mol. The topological polar surface area (TPSA) is 87.7 Å². The summed E-state index contributed by atoms with van der Waals surface area (Å²) >= 11 is 0. The maximum atomic E-state index is 13.2. The van der Waals surface area contributed by atoms with Crippen molar-refractivity contribution >= 4 is 35.0 Å². The molecule has 0 saturated carbocycles. The molecule has 0 bridgehead atoms. The van der Waals surface area contributed by atoms with Crippen molar-refractivity contribution in [3.8, 4) is 0 Å². The van der Waals surface area contributed by atoms with Crippen LogP contribution in [-0.4, -0.2) is 30.1 Å². The molecule has 0 fully saturated rings. The predicted octanol–water partition coefficient (Wildman–Crippen LogP) is 6.79. The van der Waals surface area contributed by atoms with Crippen LogP contribution in [0.25, 0.3) is 0 Å². The van der Waals surface area contributed by atoms with Gasteiger partial charge in [-0.05, 0) is 80.1 Å². The van der Waals surface area contributed by atoms with Crippen LogP contribution in [0.4, 0.5) is 21.9 Å². The Hall–Kier alpha value is -4.13. The van der Waals surface area contributed by atoms with E-state index < -0.39 is 11.7 Å². The zero-order valence-electron chi connectivity index (χ0n) is 22.8. The number of nitrogens with zero attached hydrogens (tertiary/aromatic N) is 1. The molecule has 3 aromatic carbocycles. The molecule has 1 aliphatic heterocycles. The van der Waals surface area contributed by atoms with Crippen molar-refractivity contribution < 1.29 is 19.1 Å². The van der Waals surface area contributed by atoms with Gasteiger partial charge in [-0.2, -0.15) is 0 Å². The Balaban J connectivity index is 1.50. The summed E-state index contributed by atoms with van der Waals surface area (Å²) < 4.78 is 5.54. The summed E-state index contributed by atoms with van der Waals surface area (Å²) in [5.41, 5.74) is 4.04. The lowest BCUT2D eigenvalue weighted by Gasteiger charge is -2.25. The van der Waals surface area contributed by atoms with Crippen LogP contribution in [-0.2, 0) is 16.6 Å². The fourth-order valence-electron chi connectivity index (χ4n) is 4.27. The van der Waals surface area contributed by atoms with Crippen LogP contribution >= 0.6 is 0 Å². The second-order valence-electron chi connectivity index (χ2n) is 11.5. The number of fused-ring (bicyclic) bond motifs is 1. The molecule has 0 saturated heterocycles. The van der Waals surface area contributed by atoms with E-state index in [1.165, 1.54) is 0 Å². The summed E-state index contributed by atoms with van der Waals surface area (Å²) in [6.07, 6.45) is 0.303. The van der Waals surface area contributed by atoms with Crippen molar-refractivity contribution in [1.82, 2.24) is 0 Å². The third kappa shape index (κ3) is 6.22. The first-order valence-electron chi connectivity index (χ1n) is 12.8. The number of rotatable bonds is 4. The molecule has 7 nitrogen and oxygen atoms in total. The smallest absolute Gasteiger partial charge is 0.414 e. The molecule has 0 atom stereocenters. The Bertz CT molecular complexity index is 1370. The monoisotopic (exact) mass is 513 g/mol. The lowest BCUT2D eigenvalue weighted by atomic mass is 9.86. The minimum atomic E-state index is -0.603. The third-order valence-corrected chi connectivity index (χ3v) is 6.29. The van der Waals surface area contributed by atoms with Gasteiger partial charge in [0.05, 0.1) is 16.9 Å². The molecule has 198 valence electrons. The molecule has 0 spiro atoms. The first-order valence-corrected chi connectivity index (χ1v) is 12.8. The molecule has 0 unspecified atom stereocenters. The standard InChI is InChI=1S/C31H35N3O4/c1-30(2,3)22-14-11-21(12-15-22)27(35)33-25-10-8-7-9-24(25)28(36)32-23-16-13-20-17-18-34(26(20)19-23)29(37)38-31(4,5)6/h7-16,19H,17-18H2,1-6H3,(H,32,36)(H,33,35). The minimum Gasteiger partial charge on any atom is -0.443 e. The summed E-state index contributed by atoms with van der Waals surface area (Å²) in [7, 11) is 0. The predicted molar refractivity (Wildman–Crippen MR) is 151 cm³/mol. The highest BCUT2D eigenvalue weighted by atomic mass is 16.6. The van der Waals surface area contributed by atoms with Gasteiger partial charge in [-0.3, -0.25) is 14.5 Å². The highest BCUT2D eigenvalue weighted by Gasteiger charge is 2.29. The summed E-state index contributed by atoms with van der Waals surface area (Å²) in [6.45, 7) is 12.4. The van der Waals surface area contributed by atoms with Crippen LogP contribution in [0.1, 0.15) is 73.4 Å². The Morgan fingerprint density at radius 1 is 0.816 bits per heavy atom. The summed E-state index contributed by atoms with van der Waals surface area (Å²) in [6, 6.07) is 19.8. The van der Waals surface area contributed by atoms with Crippen LogP contribution in [0.15, 0.2) is 66.7 Å². The maximum Gasteiger partial charge on any atom is 0.414 e. The Morgan fingerprint density at radius 2 is 1.50 bits per heavy atom. The van der Waals surface area contributed by atoms with E-state index in [1.807, 2.05) is 45.0 Å². The highest BCUT2D eigenvalue weighted by molar-refractivity contribution is 6.12. The number of amides is 3. The van der Waals surface area contributed by atoms with Gasteiger partial charge in [0.15, 0.2) is 0 Å². The molecule has 0 aliphatic carbocycles. The van der Waals surface area contributed by atoms with E-state index in [4.69, 9.17) is 4.74 Å². The van der Waals surface area contributed by atoms with Gasteiger partial charge in [-0.15, -0.1) is 0 Å². The lowest BCUT2D eigenvalue weighted by Crippen LogP contribution is -2.35. The van der Waals surface area contributed by atoms with Crippen molar-refractivity contribution in [2.24, 2.45) is 0 Å². The van der Waals surface area contributed by atoms with Crippen molar-refractivity contribution in [1.29, 1.82) is 0 Å². The minimum absolute atomic E-state index is 0.0127. The number of hydrogen-bond donors (Lipinski definition) is 2. The van der Waals surface area contributed by atoms with Gasteiger partial charge in [0, 0.05) is 17.8 Å². The van der Waals surface area contributed by atoms with Gasteiger partial charge < -0.3 is 15.4 Å². The van der Waals surface area contributed by atoms with Crippen LogP contribution < -0.4 is 15.5 Å². The zero-order chi connectivity index (χ0) is 27.7. The molecule has 4 rings (SSSR count). The largest absolute Gasteiger partial charge is 0.443 e. The maximum absolute atomic E-state index is 13.2.